The monoisotopic (exact) mass is 301 g/mol. The van der Waals surface area contributed by atoms with Crippen LogP contribution in [-0.2, 0) is 16.1 Å². The first-order valence-electron chi connectivity index (χ1n) is 7.71. The predicted molar refractivity (Wildman–Crippen MR) is 85.4 cm³/mol. The summed E-state index contributed by atoms with van der Waals surface area (Å²) >= 11 is 0. The predicted octanol–water partition coefficient (Wildman–Crippen LogP) is 2.89. The van der Waals surface area contributed by atoms with Gasteiger partial charge in [0.1, 0.15) is 5.41 Å². The van der Waals surface area contributed by atoms with Gasteiger partial charge in [0.2, 0.25) is 0 Å². The van der Waals surface area contributed by atoms with Crippen LogP contribution in [0.3, 0.4) is 0 Å². The van der Waals surface area contributed by atoms with E-state index in [0.29, 0.717) is 19.5 Å². The summed E-state index contributed by atoms with van der Waals surface area (Å²) in [5, 5.41) is 9.78. The first-order valence-corrected chi connectivity index (χ1v) is 7.71. The van der Waals surface area contributed by atoms with E-state index in [1.54, 1.807) is 6.08 Å². The van der Waals surface area contributed by atoms with Gasteiger partial charge in [-0.2, -0.15) is 0 Å². The van der Waals surface area contributed by atoms with Crippen molar-refractivity contribution in [2.24, 2.45) is 5.41 Å². The zero-order valence-corrected chi connectivity index (χ0v) is 13.0. The smallest absolute Gasteiger partial charge is 0.319 e. The number of allylic oxidation sites excluding steroid dienone is 1. The number of hydrogen-bond acceptors (Lipinski definition) is 3. The lowest BCUT2D eigenvalue weighted by Gasteiger charge is -2.46. The summed E-state index contributed by atoms with van der Waals surface area (Å²) < 4.78 is 0. The van der Waals surface area contributed by atoms with E-state index in [1.807, 2.05) is 37.3 Å². The molecule has 1 N–H and O–H groups in total. The lowest BCUT2D eigenvalue weighted by atomic mass is 9.68. The van der Waals surface area contributed by atoms with Crippen LogP contribution in [0.4, 0.5) is 0 Å². The molecule has 0 aromatic heterocycles. The van der Waals surface area contributed by atoms with Crippen LogP contribution in [0.15, 0.2) is 43.0 Å². The third-order valence-corrected chi connectivity index (χ3v) is 4.60. The van der Waals surface area contributed by atoms with Gasteiger partial charge in [-0.3, -0.25) is 14.5 Å². The first-order chi connectivity index (χ1) is 10.6. The molecule has 0 spiro atoms. The Hall–Kier alpha value is -1.94. The maximum Gasteiger partial charge on any atom is 0.319 e. The Morgan fingerprint density at radius 1 is 1.45 bits per heavy atom. The van der Waals surface area contributed by atoms with Crippen molar-refractivity contribution in [2.45, 2.75) is 38.8 Å². The summed E-state index contributed by atoms with van der Waals surface area (Å²) in [6, 6.07) is 9.65. The molecule has 2 rings (SSSR count). The van der Waals surface area contributed by atoms with Crippen molar-refractivity contribution >= 4 is 11.8 Å². The molecule has 118 valence electrons. The van der Waals surface area contributed by atoms with Crippen LogP contribution in [-0.4, -0.2) is 34.3 Å². The maximum absolute atomic E-state index is 12.5. The van der Waals surface area contributed by atoms with E-state index in [4.69, 9.17) is 0 Å². The fraction of sp³-hybridized carbons (Fsp3) is 0.444. The van der Waals surface area contributed by atoms with Crippen LogP contribution in [0.25, 0.3) is 0 Å². The second-order valence-electron chi connectivity index (χ2n) is 5.82. The molecule has 1 saturated heterocycles. The van der Waals surface area contributed by atoms with Crippen LogP contribution < -0.4 is 0 Å². The Morgan fingerprint density at radius 2 is 2.14 bits per heavy atom. The average molecular weight is 301 g/mol. The molecule has 0 bridgehead atoms. The quantitative estimate of drug-likeness (QED) is 0.648. The van der Waals surface area contributed by atoms with Crippen molar-refractivity contribution in [3.63, 3.8) is 0 Å². The molecule has 0 amide bonds. The topological polar surface area (TPSA) is 57.6 Å². The third-order valence-electron chi connectivity index (χ3n) is 4.60. The number of rotatable bonds is 6. The Kier molecular flexibility index (Phi) is 5.14. The number of benzene rings is 1. The number of hydrogen-bond donors (Lipinski definition) is 1. The molecule has 0 radical (unpaired) electrons. The van der Waals surface area contributed by atoms with Gasteiger partial charge in [0.25, 0.3) is 0 Å². The highest BCUT2D eigenvalue weighted by Crippen LogP contribution is 2.39. The van der Waals surface area contributed by atoms with Crippen LogP contribution in [0, 0.1) is 5.41 Å². The number of carboxylic acid groups (broad SMARTS) is 1. The van der Waals surface area contributed by atoms with E-state index in [-0.39, 0.29) is 24.7 Å². The van der Waals surface area contributed by atoms with E-state index in [0.717, 1.165) is 5.56 Å². The summed E-state index contributed by atoms with van der Waals surface area (Å²) in [5.41, 5.74) is -0.225. The Labute approximate surface area is 131 Å². The molecule has 1 aromatic carbocycles. The summed E-state index contributed by atoms with van der Waals surface area (Å²) in [6.45, 7) is 6.88. The van der Waals surface area contributed by atoms with Crippen LogP contribution in [0.2, 0.25) is 0 Å². The molecule has 0 aliphatic carbocycles. The number of nitrogens with zero attached hydrogens (tertiary/aromatic N) is 1. The molecule has 1 aromatic rings. The van der Waals surface area contributed by atoms with E-state index >= 15 is 0 Å². The Bertz CT molecular complexity index is 555. The van der Waals surface area contributed by atoms with Crippen LogP contribution >= 0.6 is 0 Å². The molecule has 2 atom stereocenters. The largest absolute Gasteiger partial charge is 0.480 e. The fourth-order valence-corrected chi connectivity index (χ4v) is 3.56. The number of ketones is 1. The molecule has 0 saturated carbocycles. The van der Waals surface area contributed by atoms with E-state index in [1.165, 1.54) is 0 Å². The number of carboxylic acids is 1. The summed E-state index contributed by atoms with van der Waals surface area (Å²) in [5.74, 6) is -1.20. The second-order valence-corrected chi connectivity index (χ2v) is 5.82. The van der Waals surface area contributed by atoms with Gasteiger partial charge >= 0.3 is 5.97 Å². The molecular weight excluding hydrogens is 278 g/mol. The molecule has 1 aliphatic rings. The van der Waals surface area contributed by atoms with Gasteiger partial charge in [0, 0.05) is 25.6 Å². The van der Waals surface area contributed by atoms with Crippen LogP contribution in [0.5, 0.6) is 0 Å². The average Bonchev–Trinajstić information content (AvgIpc) is 2.51. The molecular formula is C18H23NO3. The Morgan fingerprint density at radius 3 is 2.68 bits per heavy atom. The molecule has 2 unspecified atom stereocenters. The van der Waals surface area contributed by atoms with Gasteiger partial charge in [-0.25, -0.2) is 0 Å². The molecule has 22 heavy (non-hydrogen) atoms. The normalized spacial score (nSPS) is 25.9. The Balaban J connectivity index is 2.34. The molecule has 4 heteroatoms. The molecule has 1 fully saturated rings. The van der Waals surface area contributed by atoms with Crippen molar-refractivity contribution in [3.05, 3.63) is 48.6 Å². The first kappa shape index (κ1) is 16.4. The van der Waals surface area contributed by atoms with E-state index in [2.05, 4.69) is 11.5 Å². The minimum atomic E-state index is -1.36. The zero-order chi connectivity index (χ0) is 16.2. The van der Waals surface area contributed by atoms with Crippen molar-refractivity contribution in [1.29, 1.82) is 0 Å². The molecule has 4 nitrogen and oxygen atoms in total. The van der Waals surface area contributed by atoms with Crippen molar-refractivity contribution in [2.75, 3.05) is 6.54 Å². The number of carbonyl (C=O) groups excluding carboxylic acids is 1. The molecule has 1 aliphatic heterocycles. The zero-order valence-electron chi connectivity index (χ0n) is 13.0. The second kappa shape index (κ2) is 6.88. The van der Waals surface area contributed by atoms with Gasteiger partial charge in [0.15, 0.2) is 5.78 Å². The number of piperidine rings is 1. The fourth-order valence-electron chi connectivity index (χ4n) is 3.56. The van der Waals surface area contributed by atoms with Gasteiger partial charge < -0.3 is 5.11 Å². The minimum absolute atomic E-state index is 0.170. The summed E-state index contributed by atoms with van der Waals surface area (Å²) in [4.78, 5) is 26.5. The van der Waals surface area contributed by atoms with E-state index in [9.17, 15) is 14.7 Å². The van der Waals surface area contributed by atoms with Gasteiger partial charge in [-0.05, 0) is 18.4 Å². The van der Waals surface area contributed by atoms with Gasteiger partial charge in [0.05, 0.1) is 0 Å². The number of likely N-dealkylation sites (tertiary alicyclic amines) is 1. The van der Waals surface area contributed by atoms with Crippen molar-refractivity contribution in [3.8, 4) is 0 Å². The summed E-state index contributed by atoms with van der Waals surface area (Å²) in [6.07, 6.45) is 2.65. The maximum atomic E-state index is 12.5. The highest BCUT2D eigenvalue weighted by atomic mass is 16.4. The van der Waals surface area contributed by atoms with Crippen LogP contribution in [0.1, 0.15) is 31.7 Å². The van der Waals surface area contributed by atoms with E-state index < -0.39 is 11.4 Å². The van der Waals surface area contributed by atoms with Crippen molar-refractivity contribution < 1.29 is 14.7 Å². The lowest BCUT2D eigenvalue weighted by molar-refractivity contribution is -0.164. The summed E-state index contributed by atoms with van der Waals surface area (Å²) in [7, 11) is 0. The standard InChI is InChI=1S/C18H23NO3/c1-3-11-18(17(21)22)15(4-2)19(12-10-16(18)20)13-14-8-6-5-7-9-14/h3,5-9,15H,1,4,10-13H2,2H3,(H,21,22). The third kappa shape index (κ3) is 2.83. The van der Waals surface area contributed by atoms with Gasteiger partial charge in [-0.15, -0.1) is 6.58 Å². The number of Topliss-reactive ketones (excluding diaryl/α,β-unsaturated/α-hetero) is 1. The van der Waals surface area contributed by atoms with Crippen molar-refractivity contribution in [1.82, 2.24) is 4.90 Å². The lowest BCUT2D eigenvalue weighted by Crippen LogP contribution is -2.60. The van der Waals surface area contributed by atoms with Gasteiger partial charge in [-0.1, -0.05) is 43.3 Å². The SMILES string of the molecule is C=CCC1(C(=O)O)C(=O)CCN(Cc2ccccc2)C1CC. The number of carbonyl (C=O) groups is 2. The number of aliphatic carboxylic acids is 1. The highest BCUT2D eigenvalue weighted by Gasteiger charge is 2.54. The highest BCUT2D eigenvalue weighted by molar-refractivity contribution is 6.04. The molecule has 1 heterocycles. The minimum Gasteiger partial charge on any atom is -0.480 e.